The molecule has 0 bridgehead atoms. The molecule has 3 N–H and O–H groups in total. The second-order valence-corrected chi connectivity index (χ2v) is 7.04. The number of hydrogen-bond acceptors (Lipinski definition) is 6. The number of hydrazine groups is 1. The molecule has 2 aromatic carbocycles. The van der Waals surface area contributed by atoms with Crippen LogP contribution in [0.5, 0.6) is 5.75 Å². The molecular formula is C17H24N2O5S. The number of fused-ring (bicyclic) bond motifs is 1. The van der Waals surface area contributed by atoms with Crippen LogP contribution in [-0.2, 0) is 14.9 Å². The van der Waals surface area contributed by atoms with Crippen molar-refractivity contribution in [2.24, 2.45) is 0 Å². The van der Waals surface area contributed by atoms with Gasteiger partial charge in [-0.25, -0.2) is 5.01 Å². The Hall–Kier alpha value is -1.71. The van der Waals surface area contributed by atoms with E-state index < -0.39 is 20.8 Å². The third kappa shape index (κ3) is 5.94. The van der Waals surface area contributed by atoms with E-state index >= 15 is 0 Å². The fourth-order valence-corrected chi connectivity index (χ4v) is 3.00. The van der Waals surface area contributed by atoms with E-state index in [9.17, 15) is 13.5 Å². The molecule has 0 saturated carbocycles. The summed E-state index contributed by atoms with van der Waals surface area (Å²) in [6, 6.07) is 9.49. The first-order valence-electron chi connectivity index (χ1n) is 8.17. The molecule has 1 saturated heterocycles. The highest BCUT2D eigenvalue weighted by atomic mass is 32.2. The third-order valence-electron chi connectivity index (χ3n) is 3.70. The Morgan fingerprint density at radius 2 is 1.76 bits per heavy atom. The highest BCUT2D eigenvalue weighted by molar-refractivity contribution is 7.86. The van der Waals surface area contributed by atoms with Gasteiger partial charge in [-0.05, 0) is 29.3 Å². The molecule has 0 radical (unpaired) electrons. The van der Waals surface area contributed by atoms with Gasteiger partial charge in [-0.2, -0.15) is 8.42 Å². The van der Waals surface area contributed by atoms with Gasteiger partial charge in [0, 0.05) is 19.6 Å². The van der Waals surface area contributed by atoms with E-state index in [1.54, 1.807) is 24.3 Å². The molecule has 1 aliphatic heterocycles. The molecule has 25 heavy (non-hydrogen) atoms. The Bertz CT molecular complexity index is 789. The van der Waals surface area contributed by atoms with Crippen LogP contribution in [0.3, 0.4) is 0 Å². The minimum Gasteiger partial charge on any atom is -0.506 e. The van der Waals surface area contributed by atoms with Crippen LogP contribution in [0.25, 0.3) is 10.8 Å². The summed E-state index contributed by atoms with van der Waals surface area (Å²) in [5, 5.41) is 13.0. The second kappa shape index (κ2) is 9.12. The quantitative estimate of drug-likeness (QED) is 0.710. The SMILES string of the molecule is CCCNN1CCOCC1.O=S(=O)(O)c1cc2ccccc2cc1O. The van der Waals surface area contributed by atoms with Gasteiger partial charge in [0.15, 0.2) is 0 Å². The maximum atomic E-state index is 10.9. The van der Waals surface area contributed by atoms with E-state index in [1.807, 2.05) is 0 Å². The summed E-state index contributed by atoms with van der Waals surface area (Å²) < 4.78 is 35.8. The average molecular weight is 368 g/mol. The molecule has 0 spiro atoms. The molecule has 1 heterocycles. The van der Waals surface area contributed by atoms with Crippen molar-refractivity contribution in [3.05, 3.63) is 36.4 Å². The van der Waals surface area contributed by atoms with Crippen LogP contribution in [0, 0.1) is 0 Å². The summed E-state index contributed by atoms with van der Waals surface area (Å²) in [4.78, 5) is -0.471. The van der Waals surface area contributed by atoms with E-state index in [1.165, 1.54) is 18.6 Å². The number of rotatable bonds is 4. The van der Waals surface area contributed by atoms with Gasteiger partial charge in [-0.15, -0.1) is 0 Å². The molecule has 3 rings (SSSR count). The molecule has 2 aromatic rings. The largest absolute Gasteiger partial charge is 0.506 e. The molecule has 0 aromatic heterocycles. The number of phenols is 1. The Kier molecular flexibility index (Phi) is 7.15. The normalized spacial score (nSPS) is 15.6. The van der Waals surface area contributed by atoms with Gasteiger partial charge in [-0.1, -0.05) is 31.2 Å². The first kappa shape index (κ1) is 19.6. The zero-order valence-corrected chi connectivity index (χ0v) is 15.0. The van der Waals surface area contributed by atoms with Crippen LogP contribution >= 0.6 is 0 Å². The van der Waals surface area contributed by atoms with E-state index in [-0.39, 0.29) is 0 Å². The standard InChI is InChI=1S/C10H8O4S.C7H16N2O/c11-9-5-7-3-1-2-4-8(7)6-10(9)15(12,13)14;1-2-3-8-9-4-6-10-7-5-9/h1-6,11H,(H,12,13,14);8H,2-7H2,1H3. The molecule has 0 atom stereocenters. The summed E-state index contributed by atoms with van der Waals surface area (Å²) in [5.41, 5.74) is 3.32. The van der Waals surface area contributed by atoms with Gasteiger partial charge in [0.1, 0.15) is 10.6 Å². The number of nitrogens with one attached hydrogen (secondary N) is 1. The average Bonchev–Trinajstić information content (AvgIpc) is 2.60. The van der Waals surface area contributed by atoms with Crippen LogP contribution in [-0.4, -0.2) is 55.9 Å². The monoisotopic (exact) mass is 368 g/mol. The molecule has 7 nitrogen and oxygen atoms in total. The van der Waals surface area contributed by atoms with E-state index in [4.69, 9.17) is 9.29 Å². The van der Waals surface area contributed by atoms with Crippen molar-refractivity contribution in [2.75, 3.05) is 32.8 Å². The van der Waals surface area contributed by atoms with Gasteiger partial charge in [0.2, 0.25) is 0 Å². The number of benzene rings is 2. The first-order valence-corrected chi connectivity index (χ1v) is 9.61. The summed E-state index contributed by atoms with van der Waals surface area (Å²) in [5.74, 6) is -0.448. The topological polar surface area (TPSA) is 99.1 Å². The fourth-order valence-electron chi connectivity index (χ4n) is 2.41. The number of aromatic hydroxyl groups is 1. The lowest BCUT2D eigenvalue weighted by molar-refractivity contribution is 0.0122. The summed E-state index contributed by atoms with van der Waals surface area (Å²) in [7, 11) is -4.37. The van der Waals surface area contributed by atoms with Crippen LogP contribution in [0.4, 0.5) is 0 Å². The summed E-state index contributed by atoms with van der Waals surface area (Å²) >= 11 is 0. The highest BCUT2D eigenvalue weighted by Crippen LogP contribution is 2.28. The van der Waals surface area contributed by atoms with Crippen molar-refractivity contribution in [3.63, 3.8) is 0 Å². The number of phenolic OH excluding ortho intramolecular Hbond substituents is 1. The lowest BCUT2D eigenvalue weighted by Gasteiger charge is -2.26. The Morgan fingerprint density at radius 3 is 2.32 bits per heavy atom. The molecule has 1 aliphatic rings. The minimum absolute atomic E-state index is 0.448. The van der Waals surface area contributed by atoms with Gasteiger partial charge in [0.25, 0.3) is 10.1 Å². The zero-order chi connectivity index (χ0) is 18.3. The van der Waals surface area contributed by atoms with E-state index in [0.29, 0.717) is 10.8 Å². The maximum absolute atomic E-state index is 10.9. The summed E-state index contributed by atoms with van der Waals surface area (Å²) in [6.45, 7) is 7.06. The Balaban J connectivity index is 0.000000196. The minimum atomic E-state index is -4.37. The number of nitrogens with zero attached hydrogens (tertiary/aromatic N) is 1. The maximum Gasteiger partial charge on any atom is 0.298 e. The van der Waals surface area contributed by atoms with Crippen LogP contribution < -0.4 is 5.43 Å². The molecule has 8 heteroatoms. The van der Waals surface area contributed by atoms with Crippen molar-refractivity contribution < 1.29 is 22.8 Å². The third-order valence-corrected chi connectivity index (χ3v) is 4.58. The molecule has 138 valence electrons. The first-order chi connectivity index (χ1) is 11.9. The van der Waals surface area contributed by atoms with Crippen molar-refractivity contribution in [1.29, 1.82) is 0 Å². The summed E-state index contributed by atoms with van der Waals surface area (Å²) in [6.07, 6.45) is 1.19. The highest BCUT2D eigenvalue weighted by Gasteiger charge is 2.15. The molecule has 1 fully saturated rings. The Morgan fingerprint density at radius 1 is 1.16 bits per heavy atom. The molecule has 0 aliphatic carbocycles. The number of ether oxygens (including phenoxy) is 1. The smallest absolute Gasteiger partial charge is 0.298 e. The van der Waals surface area contributed by atoms with Gasteiger partial charge >= 0.3 is 0 Å². The molecule has 0 amide bonds. The predicted octanol–water partition coefficient (Wildman–Crippen LogP) is 2.03. The van der Waals surface area contributed by atoms with E-state index in [0.717, 1.165) is 32.8 Å². The molecule has 0 unspecified atom stereocenters. The van der Waals surface area contributed by atoms with Gasteiger partial charge in [-0.3, -0.25) is 9.98 Å². The number of hydrogen-bond donors (Lipinski definition) is 3. The van der Waals surface area contributed by atoms with E-state index in [2.05, 4.69) is 17.4 Å². The lowest BCUT2D eigenvalue weighted by Crippen LogP contribution is -2.45. The Labute approximate surface area is 147 Å². The van der Waals surface area contributed by atoms with Gasteiger partial charge < -0.3 is 9.84 Å². The van der Waals surface area contributed by atoms with Crippen LogP contribution in [0.15, 0.2) is 41.3 Å². The van der Waals surface area contributed by atoms with Crippen molar-refractivity contribution >= 4 is 20.9 Å². The van der Waals surface area contributed by atoms with Crippen LogP contribution in [0.1, 0.15) is 13.3 Å². The van der Waals surface area contributed by atoms with Gasteiger partial charge in [0.05, 0.1) is 13.2 Å². The number of morpholine rings is 1. The zero-order valence-electron chi connectivity index (χ0n) is 14.2. The predicted molar refractivity (Wildman–Crippen MR) is 96.1 cm³/mol. The second-order valence-electron chi connectivity index (χ2n) is 5.65. The van der Waals surface area contributed by atoms with Crippen molar-refractivity contribution in [2.45, 2.75) is 18.2 Å². The molecular weight excluding hydrogens is 344 g/mol. The van der Waals surface area contributed by atoms with Crippen molar-refractivity contribution in [3.8, 4) is 5.75 Å². The van der Waals surface area contributed by atoms with Crippen LogP contribution in [0.2, 0.25) is 0 Å². The van der Waals surface area contributed by atoms with Crippen molar-refractivity contribution in [1.82, 2.24) is 10.4 Å². The fraction of sp³-hybridized carbons (Fsp3) is 0.412. The lowest BCUT2D eigenvalue weighted by atomic mass is 10.1.